The van der Waals surface area contributed by atoms with Gasteiger partial charge in [0, 0.05) is 25.9 Å². The third-order valence-corrected chi connectivity index (χ3v) is 5.52. The summed E-state index contributed by atoms with van der Waals surface area (Å²) in [7, 11) is 1.65. The van der Waals surface area contributed by atoms with Gasteiger partial charge in [-0.25, -0.2) is 0 Å². The first-order valence-corrected chi connectivity index (χ1v) is 11.2. The van der Waals surface area contributed by atoms with Gasteiger partial charge in [0.05, 0.1) is 13.2 Å². The topological polar surface area (TPSA) is 38.8 Å². The maximum atomic E-state index is 12.4. The molecule has 3 aromatic rings. The van der Waals surface area contributed by atoms with Crippen molar-refractivity contribution in [3.05, 3.63) is 95.6 Å². The lowest BCUT2D eigenvalue weighted by Gasteiger charge is -2.25. The van der Waals surface area contributed by atoms with Crippen molar-refractivity contribution in [3.63, 3.8) is 0 Å². The minimum Gasteiger partial charge on any atom is -0.497 e. The molecule has 4 heteroatoms. The Hall–Kier alpha value is -3.27. The highest BCUT2D eigenvalue weighted by Crippen LogP contribution is 2.30. The van der Waals surface area contributed by atoms with E-state index < -0.39 is 0 Å². The number of carbonyl (C=O) groups excluding carboxylic acids is 1. The van der Waals surface area contributed by atoms with Gasteiger partial charge < -0.3 is 14.4 Å². The number of methoxy groups -OCH3 is 1. The van der Waals surface area contributed by atoms with Crippen molar-refractivity contribution < 1.29 is 14.3 Å². The van der Waals surface area contributed by atoms with Crippen molar-refractivity contribution in [2.75, 3.05) is 13.7 Å². The first-order valence-electron chi connectivity index (χ1n) is 11.2. The zero-order chi connectivity index (χ0) is 22.9. The van der Waals surface area contributed by atoms with Gasteiger partial charge in [-0.2, -0.15) is 0 Å². The van der Waals surface area contributed by atoms with Crippen LogP contribution in [-0.4, -0.2) is 30.6 Å². The van der Waals surface area contributed by atoms with Crippen LogP contribution in [-0.2, 0) is 11.3 Å². The number of ether oxygens (including phenoxy) is 2. The van der Waals surface area contributed by atoms with E-state index in [9.17, 15) is 4.79 Å². The van der Waals surface area contributed by atoms with Crippen molar-refractivity contribution in [1.82, 2.24) is 4.90 Å². The summed E-state index contributed by atoms with van der Waals surface area (Å²) in [6, 6.07) is 26.7. The monoisotopic (exact) mass is 431 g/mol. The second-order valence-corrected chi connectivity index (χ2v) is 8.28. The van der Waals surface area contributed by atoms with E-state index in [2.05, 4.69) is 36.4 Å². The van der Waals surface area contributed by atoms with E-state index >= 15 is 0 Å². The fourth-order valence-corrected chi connectivity index (χ4v) is 3.85. The quantitative estimate of drug-likeness (QED) is 0.392. The molecule has 0 fully saturated rings. The number of carbonyl (C=O) groups is 1. The summed E-state index contributed by atoms with van der Waals surface area (Å²) in [6.07, 6.45) is 0.984. The highest BCUT2D eigenvalue weighted by atomic mass is 16.5. The molecule has 0 heterocycles. The number of hydrogen-bond acceptors (Lipinski definition) is 3. The molecular weight excluding hydrogens is 398 g/mol. The van der Waals surface area contributed by atoms with Crippen molar-refractivity contribution in [2.45, 2.75) is 45.8 Å². The van der Waals surface area contributed by atoms with E-state index in [4.69, 9.17) is 9.47 Å². The molecule has 1 unspecified atom stereocenters. The van der Waals surface area contributed by atoms with Crippen LogP contribution in [0.2, 0.25) is 0 Å². The van der Waals surface area contributed by atoms with Crippen molar-refractivity contribution in [1.29, 1.82) is 0 Å². The van der Waals surface area contributed by atoms with Crippen molar-refractivity contribution >= 4 is 5.91 Å². The van der Waals surface area contributed by atoms with Gasteiger partial charge >= 0.3 is 0 Å². The smallest absolute Gasteiger partial charge is 0.219 e. The minimum atomic E-state index is 0.0771. The molecule has 1 amide bonds. The third-order valence-electron chi connectivity index (χ3n) is 5.52. The molecule has 0 aliphatic rings. The molecule has 0 spiro atoms. The summed E-state index contributed by atoms with van der Waals surface area (Å²) in [4.78, 5) is 14.3. The van der Waals surface area contributed by atoms with Crippen LogP contribution in [0.3, 0.4) is 0 Å². The van der Waals surface area contributed by atoms with E-state index in [1.807, 2.05) is 61.2 Å². The van der Waals surface area contributed by atoms with Gasteiger partial charge in [-0.05, 0) is 61.2 Å². The molecule has 0 radical (unpaired) electrons. The Kier molecular flexibility index (Phi) is 8.32. The van der Waals surface area contributed by atoms with Crippen LogP contribution in [0, 0.1) is 0 Å². The van der Waals surface area contributed by atoms with Crippen molar-refractivity contribution in [3.8, 4) is 11.5 Å². The third kappa shape index (κ3) is 6.61. The second-order valence-electron chi connectivity index (χ2n) is 8.28. The zero-order valence-electron chi connectivity index (χ0n) is 19.5. The lowest BCUT2D eigenvalue weighted by Crippen LogP contribution is -2.30. The molecule has 1 atom stereocenters. The Balaban J connectivity index is 1.76. The van der Waals surface area contributed by atoms with Crippen LogP contribution >= 0.6 is 0 Å². The summed E-state index contributed by atoms with van der Waals surface area (Å²) in [5, 5.41) is 0. The molecule has 168 valence electrons. The average Bonchev–Trinajstić information content (AvgIpc) is 2.80. The van der Waals surface area contributed by atoms with Crippen LogP contribution in [0.25, 0.3) is 0 Å². The Morgan fingerprint density at radius 3 is 2.00 bits per heavy atom. The highest BCUT2D eigenvalue weighted by Gasteiger charge is 2.18. The normalized spacial score (nSPS) is 11.8. The molecule has 0 aromatic heterocycles. The molecule has 0 aliphatic carbocycles. The molecule has 0 bridgehead atoms. The number of nitrogens with zero attached hydrogens (tertiary/aromatic N) is 1. The van der Waals surface area contributed by atoms with Gasteiger partial charge in [-0.3, -0.25) is 4.79 Å². The number of rotatable bonds is 10. The van der Waals surface area contributed by atoms with Gasteiger partial charge in [0.2, 0.25) is 5.91 Å². The SMILES string of the molecule is COc1ccc(CN(CCC(c2ccccc2)c2ccc(OC(C)C)cc2)C(C)=O)cc1. The van der Waals surface area contributed by atoms with Crippen LogP contribution in [0.5, 0.6) is 11.5 Å². The summed E-state index contributed by atoms with van der Waals surface area (Å²) in [5.74, 6) is 1.97. The molecule has 0 aliphatic heterocycles. The average molecular weight is 432 g/mol. The first-order chi connectivity index (χ1) is 15.5. The number of amides is 1. The molecular formula is C28H33NO3. The molecule has 0 saturated carbocycles. The fraction of sp³-hybridized carbons (Fsp3) is 0.321. The second kappa shape index (κ2) is 11.4. The minimum absolute atomic E-state index is 0.0771. The fourth-order valence-electron chi connectivity index (χ4n) is 3.85. The molecule has 0 saturated heterocycles. The van der Waals surface area contributed by atoms with Gasteiger partial charge in [-0.1, -0.05) is 54.6 Å². The number of benzene rings is 3. The molecule has 3 aromatic carbocycles. The van der Waals surface area contributed by atoms with E-state index in [1.54, 1.807) is 14.0 Å². The molecule has 0 N–H and O–H groups in total. The van der Waals surface area contributed by atoms with Crippen LogP contribution in [0.15, 0.2) is 78.9 Å². The van der Waals surface area contributed by atoms with E-state index in [-0.39, 0.29) is 17.9 Å². The predicted octanol–water partition coefficient (Wildman–Crippen LogP) is 6.05. The predicted molar refractivity (Wildman–Crippen MR) is 129 cm³/mol. The lowest BCUT2D eigenvalue weighted by molar-refractivity contribution is -0.129. The molecule has 32 heavy (non-hydrogen) atoms. The van der Waals surface area contributed by atoms with Crippen molar-refractivity contribution in [2.24, 2.45) is 0 Å². The summed E-state index contributed by atoms with van der Waals surface area (Å²) >= 11 is 0. The van der Waals surface area contributed by atoms with Crippen LogP contribution in [0.1, 0.15) is 49.8 Å². The van der Waals surface area contributed by atoms with E-state index in [0.29, 0.717) is 13.1 Å². The van der Waals surface area contributed by atoms with Gasteiger partial charge in [0.25, 0.3) is 0 Å². The van der Waals surface area contributed by atoms with Gasteiger partial charge in [0.1, 0.15) is 11.5 Å². The Morgan fingerprint density at radius 2 is 1.44 bits per heavy atom. The van der Waals surface area contributed by atoms with Crippen LogP contribution in [0.4, 0.5) is 0 Å². The maximum Gasteiger partial charge on any atom is 0.219 e. The molecule has 3 rings (SSSR count). The lowest BCUT2D eigenvalue weighted by atomic mass is 9.88. The van der Waals surface area contributed by atoms with Gasteiger partial charge in [-0.15, -0.1) is 0 Å². The standard InChI is InChI=1S/C28H33NO3/c1-21(2)32-27-16-12-25(13-17-27)28(24-8-6-5-7-9-24)18-19-29(22(3)30)20-23-10-14-26(31-4)15-11-23/h5-17,21,28H,18-20H2,1-4H3. The van der Waals surface area contributed by atoms with Crippen LogP contribution < -0.4 is 9.47 Å². The molecule has 4 nitrogen and oxygen atoms in total. The zero-order valence-corrected chi connectivity index (χ0v) is 19.5. The Labute approximate surface area is 191 Å². The largest absolute Gasteiger partial charge is 0.497 e. The highest BCUT2D eigenvalue weighted by molar-refractivity contribution is 5.73. The summed E-state index contributed by atoms with van der Waals surface area (Å²) in [5.41, 5.74) is 3.56. The van der Waals surface area contributed by atoms with E-state index in [0.717, 1.165) is 23.5 Å². The van der Waals surface area contributed by atoms with Gasteiger partial charge in [0.15, 0.2) is 0 Å². The summed E-state index contributed by atoms with van der Waals surface area (Å²) < 4.78 is 11.0. The van der Waals surface area contributed by atoms with E-state index in [1.165, 1.54) is 11.1 Å². The Morgan fingerprint density at radius 1 is 0.844 bits per heavy atom. The first kappa shape index (κ1) is 23.4. The summed E-state index contributed by atoms with van der Waals surface area (Å²) in [6.45, 7) is 6.95. The maximum absolute atomic E-state index is 12.4. The number of hydrogen-bond donors (Lipinski definition) is 0. The Bertz CT molecular complexity index is 966.